The van der Waals surface area contributed by atoms with Gasteiger partial charge in [-0.3, -0.25) is 9.59 Å². The summed E-state index contributed by atoms with van der Waals surface area (Å²) < 4.78 is 40.8. The molecule has 34 nitrogen and oxygen atoms in total. The minimum atomic E-state index is -0.490. The van der Waals surface area contributed by atoms with Gasteiger partial charge >= 0.3 is 60.8 Å². The first-order valence-corrected chi connectivity index (χ1v) is 35.0. The highest BCUT2D eigenvalue weighted by atomic mass is 16.6. The summed E-state index contributed by atoms with van der Waals surface area (Å²) in [6.07, 6.45) is -1.53. The molecular weight excluding hydrogens is 1340 g/mol. The molecule has 0 atom stereocenters. The zero-order chi connectivity index (χ0) is 78.3. The zero-order valence-corrected chi connectivity index (χ0v) is 65.9. The molecule has 14 amide bonds. The molecule has 0 aromatic carbocycles. The molecule has 6 heterocycles. The Hall–Kier alpha value is -8.36. The van der Waals surface area contributed by atoms with E-state index in [4.69, 9.17) is 28.4 Å². The lowest BCUT2D eigenvalue weighted by molar-refractivity contribution is -0.133. The lowest BCUT2D eigenvalue weighted by atomic mass is 10.2. The Morgan fingerprint density at radius 1 is 0.243 bits per heavy atom. The van der Waals surface area contributed by atoms with Crippen LogP contribution in [0, 0.1) is 0 Å². The molecular formula is C69H130N14O20. The summed E-state index contributed by atoms with van der Waals surface area (Å²) >= 11 is 0. The predicted molar refractivity (Wildman–Crippen MR) is 387 cm³/mol. The summed E-state index contributed by atoms with van der Waals surface area (Å²) in [5, 5.41) is 5.14. The molecule has 0 spiro atoms. The number of urea groups is 2. The van der Waals surface area contributed by atoms with E-state index in [0.717, 1.165) is 0 Å². The van der Waals surface area contributed by atoms with Crippen molar-refractivity contribution in [3.63, 3.8) is 0 Å². The van der Waals surface area contributed by atoms with E-state index in [2.05, 4.69) is 20.1 Å². The fourth-order valence-electron chi connectivity index (χ4n) is 9.58. The van der Waals surface area contributed by atoms with Crippen molar-refractivity contribution in [3.05, 3.63) is 0 Å². The van der Waals surface area contributed by atoms with Crippen molar-refractivity contribution in [1.82, 2.24) is 69.4 Å². The van der Waals surface area contributed by atoms with Gasteiger partial charge in [-0.05, 0) is 125 Å². The molecule has 103 heavy (non-hydrogen) atoms. The molecule has 6 aliphatic rings. The smallest absolute Gasteiger partial charge is 0.410 e. The topological polar surface area (TPSA) is 342 Å². The van der Waals surface area contributed by atoms with E-state index >= 15 is 0 Å². The molecule has 2 N–H and O–H groups in total. The van der Waals surface area contributed by atoms with E-state index < -0.39 is 33.6 Å². The molecule has 596 valence electrons. The number of carbonyl (C=O) groups is 12. The molecule has 0 bridgehead atoms. The SMILES string of the molecule is C.CCC(=O)N1CCN(C(=O)OC(C)(C)C)CC1.CCC(=O)N1CCN(C(=O)OC(C)(C)C)CC1.CNC(=O)N1CCN(C(=O)OC(C)(C)C)CC1.CNC(=O)N1CCN(C(=O)OC(C)(C)C)CC1.COC(=O)N1CCN(C(=O)OC(C)(C)C)CC1.COC(=O)N1CCN(C(=O)OC(C)(C)C)CC1. The second-order valence-corrected chi connectivity index (χ2v) is 30.3. The van der Waals surface area contributed by atoms with Crippen LogP contribution < -0.4 is 10.6 Å². The number of ether oxygens (including phenoxy) is 8. The van der Waals surface area contributed by atoms with Crippen LogP contribution in [0.25, 0.3) is 0 Å². The van der Waals surface area contributed by atoms with Gasteiger partial charge in [0, 0.05) is 184 Å². The highest BCUT2D eigenvalue weighted by Crippen LogP contribution is 2.19. The van der Waals surface area contributed by atoms with Crippen molar-refractivity contribution in [1.29, 1.82) is 0 Å². The van der Waals surface area contributed by atoms with Gasteiger partial charge < -0.3 is 107 Å². The Bertz CT molecular complexity index is 2210. The van der Waals surface area contributed by atoms with Crippen LogP contribution in [0.5, 0.6) is 0 Å². The highest BCUT2D eigenvalue weighted by molar-refractivity contribution is 5.78. The summed E-state index contributed by atoms with van der Waals surface area (Å²) in [5.41, 5.74) is -2.86. The number of piperazine rings is 6. The van der Waals surface area contributed by atoms with Crippen molar-refractivity contribution < 1.29 is 95.4 Å². The van der Waals surface area contributed by atoms with Crippen molar-refractivity contribution in [3.8, 4) is 0 Å². The van der Waals surface area contributed by atoms with Crippen LogP contribution in [0.15, 0.2) is 0 Å². The van der Waals surface area contributed by atoms with Crippen LogP contribution in [0.1, 0.15) is 159 Å². The molecule has 34 heteroatoms. The van der Waals surface area contributed by atoms with Gasteiger partial charge in [0.25, 0.3) is 0 Å². The van der Waals surface area contributed by atoms with Crippen molar-refractivity contribution >= 4 is 72.6 Å². The molecule has 0 unspecified atom stereocenters. The Morgan fingerprint density at radius 3 is 0.485 bits per heavy atom. The van der Waals surface area contributed by atoms with E-state index in [1.165, 1.54) is 14.2 Å². The monoisotopic (exact) mass is 1470 g/mol. The average molecular weight is 1480 g/mol. The van der Waals surface area contributed by atoms with Gasteiger partial charge in [0.05, 0.1) is 14.2 Å². The van der Waals surface area contributed by atoms with Gasteiger partial charge in [-0.1, -0.05) is 21.3 Å². The second-order valence-electron chi connectivity index (χ2n) is 30.3. The van der Waals surface area contributed by atoms with E-state index in [9.17, 15) is 57.5 Å². The lowest BCUT2D eigenvalue weighted by Crippen LogP contribution is -2.53. The normalized spacial score (nSPS) is 16.6. The van der Waals surface area contributed by atoms with Crippen LogP contribution in [-0.4, -0.2) is 350 Å². The maximum atomic E-state index is 11.8. The van der Waals surface area contributed by atoms with E-state index in [1.807, 2.05) is 138 Å². The second kappa shape index (κ2) is 43.7. The fourth-order valence-corrected chi connectivity index (χ4v) is 9.58. The molecule has 0 aliphatic carbocycles. The number of amides is 14. The van der Waals surface area contributed by atoms with Crippen LogP contribution >= 0.6 is 0 Å². The Labute approximate surface area is 613 Å². The Kier molecular flexibility index (Phi) is 40.1. The molecule has 0 aromatic rings. The number of methoxy groups -OCH3 is 2. The summed E-state index contributed by atoms with van der Waals surface area (Å²) in [4.78, 5) is 158. The average Bonchev–Trinajstić information content (AvgIpc) is 0.896. The first-order valence-electron chi connectivity index (χ1n) is 35.0. The van der Waals surface area contributed by atoms with E-state index in [-0.39, 0.29) is 80.0 Å². The van der Waals surface area contributed by atoms with Crippen molar-refractivity contribution in [2.24, 2.45) is 0 Å². The first kappa shape index (κ1) is 94.6. The van der Waals surface area contributed by atoms with Gasteiger partial charge in [0.15, 0.2) is 0 Å². The number of rotatable bonds is 2. The van der Waals surface area contributed by atoms with Crippen LogP contribution in [0.4, 0.5) is 47.9 Å². The number of hydrogen-bond donors (Lipinski definition) is 2. The quantitative estimate of drug-likeness (QED) is 0.248. The van der Waals surface area contributed by atoms with Gasteiger partial charge in [0.1, 0.15) is 33.6 Å². The number of carbonyl (C=O) groups excluding carboxylic acids is 12. The molecule has 6 rings (SSSR count). The van der Waals surface area contributed by atoms with Gasteiger partial charge in [-0.15, -0.1) is 0 Å². The highest BCUT2D eigenvalue weighted by Gasteiger charge is 2.34. The maximum absolute atomic E-state index is 11.8. The summed E-state index contributed by atoms with van der Waals surface area (Å²) in [6, 6.07) is -0.206. The third-order valence-electron chi connectivity index (χ3n) is 14.8. The fraction of sp³-hybridized carbons (Fsp3) is 0.826. The molecule has 0 saturated carbocycles. The molecule has 0 radical (unpaired) electrons. The predicted octanol–water partition coefficient (Wildman–Crippen LogP) is 7.96. The van der Waals surface area contributed by atoms with Crippen LogP contribution in [0.2, 0.25) is 0 Å². The number of nitrogens with one attached hydrogen (secondary N) is 2. The lowest BCUT2D eigenvalue weighted by Gasteiger charge is -2.35. The standard InChI is InChI=1S/2C12H22N2O3.2C11H21N3O3.2C11H20N2O4.CH4/c2*1-5-10(15)13-6-8-14(9-7-13)11(16)17-12(2,3)4;2*1-11(2,3)17-10(16)14-7-5-13(6-8-14)9(15)12-4;2*1-11(2,3)17-10(15)13-7-5-12(6-8-13)9(14)16-4;/h2*5-9H2,1-4H3;2*5-8H2,1-4H3,(H,12,15);2*5-8H2,1-4H3;1H4. The maximum Gasteiger partial charge on any atom is 0.410 e. The number of nitrogens with zero attached hydrogens (tertiary/aromatic N) is 12. The van der Waals surface area contributed by atoms with Gasteiger partial charge in [0.2, 0.25) is 11.8 Å². The molecule has 6 fully saturated rings. The van der Waals surface area contributed by atoms with Gasteiger partial charge in [-0.25, -0.2) is 47.9 Å². The molecule has 6 saturated heterocycles. The minimum absolute atomic E-state index is 0. The van der Waals surface area contributed by atoms with Crippen molar-refractivity contribution in [2.45, 2.75) is 192 Å². The van der Waals surface area contributed by atoms with Gasteiger partial charge in [-0.2, -0.15) is 0 Å². The first-order chi connectivity index (χ1) is 47.0. The zero-order valence-electron chi connectivity index (χ0n) is 65.9. The van der Waals surface area contributed by atoms with Crippen molar-refractivity contribution in [2.75, 3.05) is 185 Å². The number of hydrogen-bond acceptors (Lipinski definition) is 20. The molecule has 6 aliphatic heterocycles. The molecule has 0 aromatic heterocycles. The summed E-state index contributed by atoms with van der Waals surface area (Å²) in [7, 11) is 5.90. The van der Waals surface area contributed by atoms with E-state index in [1.54, 1.807) is 72.9 Å². The summed E-state index contributed by atoms with van der Waals surface area (Å²) in [5.74, 6) is 0.294. The van der Waals surface area contributed by atoms with E-state index in [0.29, 0.717) is 170 Å². The summed E-state index contributed by atoms with van der Waals surface area (Å²) in [6.45, 7) is 49.5. The van der Waals surface area contributed by atoms with Crippen LogP contribution in [0.3, 0.4) is 0 Å². The Morgan fingerprint density at radius 2 is 0.369 bits per heavy atom. The van der Waals surface area contributed by atoms with Crippen LogP contribution in [-0.2, 0) is 47.5 Å². The minimum Gasteiger partial charge on any atom is -0.453 e. The third kappa shape index (κ3) is 39.2. The largest absolute Gasteiger partial charge is 0.453 e. The third-order valence-corrected chi connectivity index (χ3v) is 14.8. The Balaban J connectivity index is 0.00000121.